The Hall–Kier alpha value is -2.60. The van der Waals surface area contributed by atoms with Gasteiger partial charge in [0.05, 0.1) is 5.02 Å². The number of nitrogens with zero attached hydrogens (tertiary/aromatic N) is 1. The molecule has 1 aliphatic carbocycles. The topological polar surface area (TPSA) is 58.6 Å². The van der Waals surface area contributed by atoms with E-state index in [1.807, 2.05) is 0 Å². The van der Waals surface area contributed by atoms with E-state index in [2.05, 4.69) is 5.32 Å². The Balaban J connectivity index is 1.73. The summed E-state index contributed by atoms with van der Waals surface area (Å²) in [5, 5.41) is 3.40. The molecule has 1 atom stereocenters. The van der Waals surface area contributed by atoms with Crippen molar-refractivity contribution in [2.45, 2.75) is 51.2 Å². The summed E-state index contributed by atoms with van der Waals surface area (Å²) < 4.78 is 19.8. The lowest BCUT2D eigenvalue weighted by Crippen LogP contribution is -2.50. The minimum Gasteiger partial charge on any atom is -0.482 e. The molecule has 1 fully saturated rings. The van der Waals surface area contributed by atoms with Crippen molar-refractivity contribution in [2.75, 3.05) is 6.61 Å². The van der Waals surface area contributed by atoms with Crippen molar-refractivity contribution in [3.8, 4) is 5.75 Å². The quantitative estimate of drug-likeness (QED) is 0.675. The number of amides is 2. The van der Waals surface area contributed by atoms with Gasteiger partial charge in [0.1, 0.15) is 17.6 Å². The molecule has 5 nitrogen and oxygen atoms in total. The molecule has 1 N–H and O–H groups in total. The number of carbonyl (C=O) groups excluding carboxylic acids is 2. The molecule has 2 amide bonds. The van der Waals surface area contributed by atoms with E-state index < -0.39 is 17.8 Å². The Morgan fingerprint density at radius 2 is 1.83 bits per heavy atom. The Morgan fingerprint density at radius 1 is 1.17 bits per heavy atom. The average Bonchev–Trinajstić information content (AvgIpc) is 3.25. The van der Waals surface area contributed by atoms with E-state index in [9.17, 15) is 14.0 Å². The standard InChI is InChI=1S/C23H26ClFN2O3/c1-16(23(29)26-18-9-3-4-10-18)27(14-17-8-2-6-12-20(17)25)22(28)15-30-21-13-7-5-11-19(21)24/h2,5-8,11-13,16,18H,3-4,9-10,14-15H2,1H3,(H,26,29)/t16-/m0/s1. The normalized spacial score (nSPS) is 14.9. The van der Waals surface area contributed by atoms with Gasteiger partial charge in [-0.1, -0.05) is 54.8 Å². The summed E-state index contributed by atoms with van der Waals surface area (Å²) in [7, 11) is 0. The van der Waals surface area contributed by atoms with E-state index in [1.165, 1.54) is 11.0 Å². The third-order valence-electron chi connectivity index (χ3n) is 5.36. The van der Waals surface area contributed by atoms with Crippen molar-refractivity contribution in [3.05, 3.63) is 64.9 Å². The first-order valence-electron chi connectivity index (χ1n) is 10.2. The Bertz CT molecular complexity index is 886. The molecule has 1 saturated carbocycles. The van der Waals surface area contributed by atoms with E-state index >= 15 is 0 Å². The fourth-order valence-electron chi connectivity index (χ4n) is 3.57. The second-order valence-corrected chi connectivity index (χ2v) is 7.91. The number of hydrogen-bond donors (Lipinski definition) is 1. The van der Waals surface area contributed by atoms with Crippen molar-refractivity contribution < 1.29 is 18.7 Å². The van der Waals surface area contributed by atoms with Crippen molar-refractivity contribution >= 4 is 23.4 Å². The van der Waals surface area contributed by atoms with Crippen LogP contribution in [0.25, 0.3) is 0 Å². The Labute approximate surface area is 181 Å². The van der Waals surface area contributed by atoms with Crippen LogP contribution in [0.2, 0.25) is 5.02 Å². The second kappa shape index (κ2) is 10.4. The number of nitrogens with one attached hydrogen (secondary N) is 1. The van der Waals surface area contributed by atoms with Crippen LogP contribution in [0.1, 0.15) is 38.2 Å². The lowest BCUT2D eigenvalue weighted by Gasteiger charge is -2.29. The molecule has 0 bridgehead atoms. The monoisotopic (exact) mass is 432 g/mol. The summed E-state index contributed by atoms with van der Waals surface area (Å²) in [6.07, 6.45) is 4.05. The van der Waals surface area contributed by atoms with Gasteiger partial charge >= 0.3 is 0 Å². The van der Waals surface area contributed by atoms with Crippen LogP contribution in [0.3, 0.4) is 0 Å². The number of para-hydroxylation sites is 1. The maximum absolute atomic E-state index is 14.2. The van der Waals surface area contributed by atoms with Crippen molar-refractivity contribution in [2.24, 2.45) is 0 Å². The number of carbonyl (C=O) groups is 2. The lowest BCUT2D eigenvalue weighted by atomic mass is 10.1. The molecule has 0 spiro atoms. The molecule has 2 aromatic carbocycles. The van der Waals surface area contributed by atoms with E-state index in [-0.39, 0.29) is 25.1 Å². The van der Waals surface area contributed by atoms with Gasteiger partial charge in [0, 0.05) is 18.2 Å². The van der Waals surface area contributed by atoms with Crippen LogP contribution in [-0.2, 0) is 16.1 Å². The molecule has 1 aliphatic rings. The zero-order chi connectivity index (χ0) is 21.5. The Kier molecular flexibility index (Phi) is 7.69. The van der Waals surface area contributed by atoms with Gasteiger partial charge in [0.25, 0.3) is 5.91 Å². The molecule has 0 unspecified atom stereocenters. The largest absolute Gasteiger partial charge is 0.482 e. The van der Waals surface area contributed by atoms with Crippen LogP contribution in [0.15, 0.2) is 48.5 Å². The molecule has 30 heavy (non-hydrogen) atoms. The predicted molar refractivity (Wildman–Crippen MR) is 114 cm³/mol. The number of hydrogen-bond acceptors (Lipinski definition) is 3. The highest BCUT2D eigenvalue weighted by Gasteiger charge is 2.29. The Morgan fingerprint density at radius 3 is 2.53 bits per heavy atom. The average molecular weight is 433 g/mol. The van der Waals surface area contributed by atoms with Crippen molar-refractivity contribution in [1.29, 1.82) is 0 Å². The first kappa shape index (κ1) is 22.1. The van der Waals surface area contributed by atoms with E-state index in [0.717, 1.165) is 25.7 Å². The third kappa shape index (κ3) is 5.72. The summed E-state index contributed by atoms with van der Waals surface area (Å²) in [6.45, 7) is 1.31. The van der Waals surface area contributed by atoms with Gasteiger partial charge in [0.2, 0.25) is 5.91 Å². The summed E-state index contributed by atoms with van der Waals surface area (Å²) in [5.41, 5.74) is 0.337. The molecule has 7 heteroatoms. The second-order valence-electron chi connectivity index (χ2n) is 7.50. The summed E-state index contributed by atoms with van der Waals surface area (Å²) in [6, 6.07) is 12.4. The molecule has 0 heterocycles. The molecular weight excluding hydrogens is 407 g/mol. The smallest absolute Gasteiger partial charge is 0.261 e. The number of benzene rings is 2. The molecule has 2 aromatic rings. The highest BCUT2D eigenvalue weighted by Crippen LogP contribution is 2.23. The fraction of sp³-hybridized carbons (Fsp3) is 0.391. The first-order chi connectivity index (χ1) is 14.5. The molecule has 0 saturated heterocycles. The van der Waals surface area contributed by atoms with Gasteiger partial charge in [0.15, 0.2) is 6.61 Å². The molecule has 160 valence electrons. The van der Waals surface area contributed by atoms with Crippen LogP contribution in [0.4, 0.5) is 4.39 Å². The maximum Gasteiger partial charge on any atom is 0.261 e. The minimum atomic E-state index is -0.771. The molecule has 3 rings (SSSR count). The zero-order valence-corrected chi connectivity index (χ0v) is 17.7. The third-order valence-corrected chi connectivity index (χ3v) is 5.67. The van der Waals surface area contributed by atoms with Gasteiger partial charge in [-0.05, 0) is 38.0 Å². The number of rotatable bonds is 8. The SMILES string of the molecule is C[C@@H](C(=O)NC1CCCC1)N(Cc1ccccc1F)C(=O)COc1ccccc1Cl. The maximum atomic E-state index is 14.2. The van der Waals surface area contributed by atoms with Gasteiger partial charge in [-0.2, -0.15) is 0 Å². The summed E-state index contributed by atoms with van der Waals surface area (Å²) >= 11 is 6.08. The van der Waals surface area contributed by atoms with Crippen molar-refractivity contribution in [1.82, 2.24) is 10.2 Å². The van der Waals surface area contributed by atoms with Gasteiger partial charge in [-0.3, -0.25) is 9.59 Å². The first-order valence-corrected chi connectivity index (χ1v) is 10.5. The molecular formula is C23H26ClFN2O3. The molecule has 0 radical (unpaired) electrons. The van der Waals surface area contributed by atoms with E-state index in [4.69, 9.17) is 16.3 Å². The predicted octanol–water partition coefficient (Wildman–Crippen LogP) is 4.33. The number of ether oxygens (including phenoxy) is 1. The molecule has 0 aliphatic heterocycles. The van der Waals surface area contributed by atoms with Crippen LogP contribution < -0.4 is 10.1 Å². The zero-order valence-electron chi connectivity index (χ0n) is 16.9. The highest BCUT2D eigenvalue weighted by atomic mass is 35.5. The highest BCUT2D eigenvalue weighted by molar-refractivity contribution is 6.32. The van der Waals surface area contributed by atoms with Crippen LogP contribution in [0, 0.1) is 5.82 Å². The molecule has 0 aromatic heterocycles. The summed E-state index contributed by atoms with van der Waals surface area (Å²) in [4.78, 5) is 27.1. The number of halogens is 2. The van der Waals surface area contributed by atoms with Gasteiger partial charge in [-0.25, -0.2) is 4.39 Å². The summed E-state index contributed by atoms with van der Waals surface area (Å²) in [5.74, 6) is -0.719. The fourth-order valence-corrected chi connectivity index (χ4v) is 3.76. The van der Waals surface area contributed by atoms with Gasteiger partial charge in [-0.15, -0.1) is 0 Å². The van der Waals surface area contributed by atoms with E-state index in [0.29, 0.717) is 16.3 Å². The van der Waals surface area contributed by atoms with Crippen molar-refractivity contribution in [3.63, 3.8) is 0 Å². The minimum absolute atomic E-state index is 0.0311. The lowest BCUT2D eigenvalue weighted by molar-refractivity contribution is -0.142. The van der Waals surface area contributed by atoms with Crippen LogP contribution in [0.5, 0.6) is 5.75 Å². The van der Waals surface area contributed by atoms with Gasteiger partial charge < -0.3 is 15.0 Å². The van der Waals surface area contributed by atoms with E-state index in [1.54, 1.807) is 49.4 Å². The van der Waals surface area contributed by atoms with Crippen LogP contribution in [-0.4, -0.2) is 35.4 Å². The van der Waals surface area contributed by atoms with Crippen LogP contribution >= 0.6 is 11.6 Å².